The lowest BCUT2D eigenvalue weighted by Gasteiger charge is -2.11. The van der Waals surface area contributed by atoms with Crippen molar-refractivity contribution >= 4 is 39.3 Å². The summed E-state index contributed by atoms with van der Waals surface area (Å²) in [5.41, 5.74) is 6.21. The van der Waals surface area contributed by atoms with Crippen molar-refractivity contribution in [3.63, 3.8) is 0 Å². The Labute approximate surface area is 151 Å². The number of nitrogens with one attached hydrogen (secondary N) is 1. The SMILES string of the molecule is CCc1cc(Br)cc2nc(-c3nn(SF)c4c3CC3CC3C4)[nH]c12. The first kappa shape index (κ1) is 15.0. The van der Waals surface area contributed by atoms with E-state index < -0.39 is 0 Å². The van der Waals surface area contributed by atoms with E-state index in [1.165, 1.54) is 21.6 Å². The third-order valence-corrected chi connectivity index (χ3v) is 6.25. The molecular formula is C17H16BrFN4S. The Morgan fingerprint density at radius 2 is 2.21 bits per heavy atom. The number of hydrogen-bond acceptors (Lipinski definition) is 3. The Hall–Kier alpha value is -1.34. The number of aromatic amines is 1. The maximum Gasteiger partial charge on any atom is 0.187 e. The van der Waals surface area contributed by atoms with Crippen molar-refractivity contribution in [2.45, 2.75) is 32.6 Å². The van der Waals surface area contributed by atoms with Gasteiger partial charge in [-0.05, 0) is 55.2 Å². The minimum atomic E-state index is 0.193. The number of halogens is 2. The van der Waals surface area contributed by atoms with E-state index in [-0.39, 0.29) is 12.3 Å². The zero-order chi connectivity index (χ0) is 16.4. The summed E-state index contributed by atoms with van der Waals surface area (Å²) in [6, 6.07) is 4.13. The van der Waals surface area contributed by atoms with Gasteiger partial charge < -0.3 is 4.98 Å². The minimum absolute atomic E-state index is 0.193. The van der Waals surface area contributed by atoms with Crippen LogP contribution < -0.4 is 0 Å². The Morgan fingerprint density at radius 3 is 3.00 bits per heavy atom. The molecule has 124 valence electrons. The number of fused-ring (bicyclic) bond motifs is 3. The normalized spacial score (nSPS) is 21.8. The Kier molecular flexibility index (Phi) is 3.32. The number of benzene rings is 1. The van der Waals surface area contributed by atoms with Crippen LogP contribution in [0.5, 0.6) is 0 Å². The van der Waals surface area contributed by atoms with Crippen LogP contribution in [-0.2, 0) is 19.3 Å². The van der Waals surface area contributed by atoms with Crippen molar-refractivity contribution in [3.05, 3.63) is 33.4 Å². The Balaban J connectivity index is 1.69. The average molecular weight is 407 g/mol. The molecule has 0 amide bonds. The summed E-state index contributed by atoms with van der Waals surface area (Å²) in [6.45, 7) is 2.13. The molecule has 2 aliphatic carbocycles. The van der Waals surface area contributed by atoms with Gasteiger partial charge in [0.1, 0.15) is 5.69 Å². The minimum Gasteiger partial charge on any atom is -0.336 e. The van der Waals surface area contributed by atoms with E-state index in [1.807, 2.05) is 6.07 Å². The van der Waals surface area contributed by atoms with Crippen molar-refractivity contribution in [2.75, 3.05) is 0 Å². The summed E-state index contributed by atoms with van der Waals surface area (Å²) in [7, 11) is 0. The number of aromatic nitrogens is 4. The molecule has 2 aromatic heterocycles. The largest absolute Gasteiger partial charge is 0.336 e. The van der Waals surface area contributed by atoms with Crippen LogP contribution in [0, 0.1) is 11.8 Å². The highest BCUT2D eigenvalue weighted by Crippen LogP contribution is 2.50. The number of imidazole rings is 1. The van der Waals surface area contributed by atoms with E-state index in [0.29, 0.717) is 0 Å². The quantitative estimate of drug-likeness (QED) is 0.674. The second-order valence-electron chi connectivity index (χ2n) is 6.78. The summed E-state index contributed by atoms with van der Waals surface area (Å²) in [5.74, 6) is 2.23. The van der Waals surface area contributed by atoms with Crippen LogP contribution in [0.4, 0.5) is 3.89 Å². The van der Waals surface area contributed by atoms with Gasteiger partial charge in [-0.15, -0.1) is 3.89 Å². The first-order valence-corrected chi connectivity index (χ1v) is 9.73. The molecular weight excluding hydrogens is 391 g/mol. The van der Waals surface area contributed by atoms with Crippen molar-refractivity contribution < 1.29 is 3.89 Å². The number of rotatable bonds is 3. The predicted octanol–water partition coefficient (Wildman–Crippen LogP) is 4.87. The van der Waals surface area contributed by atoms with Crippen molar-refractivity contribution in [3.8, 4) is 11.5 Å². The van der Waals surface area contributed by atoms with E-state index in [0.717, 1.165) is 63.8 Å². The van der Waals surface area contributed by atoms with Gasteiger partial charge in [0.05, 0.1) is 16.7 Å². The molecule has 1 saturated carbocycles. The molecule has 5 rings (SSSR count). The van der Waals surface area contributed by atoms with Crippen LogP contribution in [-0.4, -0.2) is 19.2 Å². The molecule has 0 spiro atoms. The summed E-state index contributed by atoms with van der Waals surface area (Å²) < 4.78 is 15.8. The summed E-state index contributed by atoms with van der Waals surface area (Å²) in [4.78, 5) is 8.19. The first-order valence-electron chi connectivity index (χ1n) is 8.26. The second kappa shape index (κ2) is 5.33. The van der Waals surface area contributed by atoms with Crippen molar-refractivity contribution in [2.24, 2.45) is 11.8 Å². The molecule has 1 N–H and O–H groups in total. The van der Waals surface area contributed by atoms with Crippen LogP contribution in [0.3, 0.4) is 0 Å². The molecule has 0 radical (unpaired) electrons. The molecule has 0 bridgehead atoms. The zero-order valence-corrected chi connectivity index (χ0v) is 15.5. The molecule has 3 aromatic rings. The molecule has 1 fully saturated rings. The van der Waals surface area contributed by atoms with Gasteiger partial charge in [-0.3, -0.25) is 0 Å². The van der Waals surface area contributed by atoms with Crippen LogP contribution in [0.2, 0.25) is 0 Å². The summed E-state index contributed by atoms with van der Waals surface area (Å²) >= 11 is 3.74. The van der Waals surface area contributed by atoms with Gasteiger partial charge in [0.2, 0.25) is 0 Å². The maximum atomic E-state index is 13.3. The highest BCUT2D eigenvalue weighted by atomic mass is 79.9. The maximum absolute atomic E-state index is 13.3. The van der Waals surface area contributed by atoms with Crippen LogP contribution in [0.25, 0.3) is 22.6 Å². The molecule has 0 saturated heterocycles. The zero-order valence-electron chi connectivity index (χ0n) is 13.1. The van der Waals surface area contributed by atoms with Gasteiger partial charge in [0.15, 0.2) is 18.2 Å². The average Bonchev–Trinajstić information content (AvgIpc) is 3.06. The summed E-state index contributed by atoms with van der Waals surface area (Å²) in [5, 5.41) is 4.51. The van der Waals surface area contributed by atoms with Crippen LogP contribution in [0.15, 0.2) is 16.6 Å². The molecule has 2 unspecified atom stereocenters. The smallest absolute Gasteiger partial charge is 0.187 e. The molecule has 7 heteroatoms. The van der Waals surface area contributed by atoms with Gasteiger partial charge in [-0.1, -0.05) is 22.9 Å². The fraction of sp³-hybridized carbons (Fsp3) is 0.412. The third kappa shape index (κ3) is 2.17. The van der Waals surface area contributed by atoms with E-state index in [4.69, 9.17) is 4.98 Å². The predicted molar refractivity (Wildman–Crippen MR) is 97.5 cm³/mol. The molecule has 2 heterocycles. The first-order chi connectivity index (χ1) is 11.7. The van der Waals surface area contributed by atoms with Crippen molar-refractivity contribution in [1.29, 1.82) is 0 Å². The van der Waals surface area contributed by atoms with Gasteiger partial charge >= 0.3 is 0 Å². The molecule has 4 nitrogen and oxygen atoms in total. The number of nitrogens with zero attached hydrogens (tertiary/aromatic N) is 3. The number of hydrogen-bond donors (Lipinski definition) is 1. The fourth-order valence-electron chi connectivity index (χ4n) is 3.99. The lowest BCUT2D eigenvalue weighted by molar-refractivity contribution is 0.632. The molecule has 2 aliphatic rings. The monoisotopic (exact) mass is 406 g/mol. The van der Waals surface area contributed by atoms with Gasteiger partial charge in [-0.2, -0.15) is 9.19 Å². The molecule has 0 aliphatic heterocycles. The second-order valence-corrected chi connectivity index (χ2v) is 8.18. The van der Waals surface area contributed by atoms with E-state index >= 15 is 0 Å². The van der Waals surface area contributed by atoms with Crippen LogP contribution in [0.1, 0.15) is 30.2 Å². The van der Waals surface area contributed by atoms with E-state index in [2.05, 4.69) is 39.0 Å². The van der Waals surface area contributed by atoms with E-state index in [1.54, 1.807) is 0 Å². The van der Waals surface area contributed by atoms with E-state index in [9.17, 15) is 3.89 Å². The Morgan fingerprint density at radius 1 is 1.38 bits per heavy atom. The van der Waals surface area contributed by atoms with Gasteiger partial charge in [0, 0.05) is 10.0 Å². The van der Waals surface area contributed by atoms with Gasteiger partial charge in [-0.25, -0.2) is 4.98 Å². The highest BCUT2D eigenvalue weighted by Gasteiger charge is 2.44. The topological polar surface area (TPSA) is 46.5 Å². The standard InChI is InChI=1S/C17H16BrFN4S/c1-2-8-4-11(18)7-13-15(8)21-17(20-13)16-12-5-9-3-10(9)6-14(12)23(22-16)24-19/h4,7,9-10H,2-3,5-6H2,1H3,(H,20,21). The fourth-order valence-corrected chi connectivity index (χ4v) is 4.86. The molecule has 1 aromatic carbocycles. The third-order valence-electron chi connectivity index (χ3n) is 5.36. The number of H-pyrrole nitrogens is 1. The van der Waals surface area contributed by atoms with Gasteiger partial charge in [0.25, 0.3) is 0 Å². The van der Waals surface area contributed by atoms with Crippen LogP contribution >= 0.6 is 28.3 Å². The molecule has 2 atom stereocenters. The van der Waals surface area contributed by atoms with Crippen molar-refractivity contribution in [1.82, 2.24) is 19.2 Å². The lowest BCUT2D eigenvalue weighted by Crippen LogP contribution is -2.07. The molecule has 24 heavy (non-hydrogen) atoms. The summed E-state index contributed by atoms with van der Waals surface area (Å²) in [6.07, 6.45) is 4.12. The number of aryl methyl sites for hydroxylation is 1. The highest BCUT2D eigenvalue weighted by molar-refractivity contribution is 9.10. The Bertz CT molecular complexity index is 963. The lowest BCUT2D eigenvalue weighted by atomic mass is 9.96.